The van der Waals surface area contributed by atoms with Crippen molar-refractivity contribution in [3.63, 3.8) is 0 Å². The molecule has 0 N–H and O–H groups in total. The summed E-state index contributed by atoms with van der Waals surface area (Å²) in [5.41, 5.74) is 0.874. The Morgan fingerprint density at radius 2 is 2.43 bits per heavy atom. The molecule has 2 heterocycles. The Balaban J connectivity index is 2.23. The molecule has 0 atom stereocenters. The molecular weight excluding hydrogens is 284 g/mol. The number of hydrogen-bond donors (Lipinski definition) is 0. The first-order valence-corrected chi connectivity index (χ1v) is 6.13. The van der Waals surface area contributed by atoms with E-state index in [0.29, 0.717) is 0 Å². The zero-order valence-electron chi connectivity index (χ0n) is 7.50. The lowest BCUT2D eigenvalue weighted by Gasteiger charge is -1.98. The summed E-state index contributed by atoms with van der Waals surface area (Å²) in [5, 5.41) is 7.07. The van der Waals surface area contributed by atoms with E-state index in [1.165, 1.54) is 4.88 Å². The number of thiophene rings is 1. The third-order valence-electron chi connectivity index (χ3n) is 1.88. The van der Waals surface area contributed by atoms with E-state index < -0.39 is 0 Å². The van der Waals surface area contributed by atoms with Gasteiger partial charge in [0.25, 0.3) is 0 Å². The van der Waals surface area contributed by atoms with Gasteiger partial charge in [0.1, 0.15) is 0 Å². The average molecular weight is 292 g/mol. The molecule has 14 heavy (non-hydrogen) atoms. The Kier molecular flexibility index (Phi) is 2.95. The molecule has 0 aromatic carbocycles. The van der Waals surface area contributed by atoms with E-state index in [1.54, 1.807) is 11.3 Å². The Morgan fingerprint density at radius 1 is 1.64 bits per heavy atom. The van der Waals surface area contributed by atoms with E-state index in [1.807, 2.05) is 23.9 Å². The number of aryl methyl sites for hydroxylation is 1. The van der Waals surface area contributed by atoms with Crippen molar-refractivity contribution in [1.29, 1.82) is 0 Å². The lowest BCUT2D eigenvalue weighted by atomic mass is 10.5. The maximum absolute atomic E-state index is 5.92. The van der Waals surface area contributed by atoms with Crippen molar-refractivity contribution in [2.75, 3.05) is 0 Å². The van der Waals surface area contributed by atoms with Crippen LogP contribution in [0.4, 0.5) is 0 Å². The van der Waals surface area contributed by atoms with Crippen LogP contribution in [0.2, 0.25) is 5.02 Å². The molecule has 5 heteroatoms. The maximum Gasteiger partial charge on any atom is 0.0815 e. The molecule has 0 saturated carbocycles. The highest BCUT2D eigenvalue weighted by molar-refractivity contribution is 9.10. The predicted molar refractivity (Wildman–Crippen MR) is 63.1 cm³/mol. The molecule has 2 aromatic rings. The summed E-state index contributed by atoms with van der Waals surface area (Å²) in [6, 6.07) is 2.04. The average Bonchev–Trinajstić information content (AvgIpc) is 2.63. The second-order valence-electron chi connectivity index (χ2n) is 2.95. The topological polar surface area (TPSA) is 17.8 Å². The van der Waals surface area contributed by atoms with Crippen LogP contribution in [0.25, 0.3) is 0 Å². The molecular formula is C9H8BrClN2S. The monoisotopic (exact) mass is 290 g/mol. The third kappa shape index (κ3) is 2.02. The first kappa shape index (κ1) is 10.2. The molecule has 0 bridgehead atoms. The van der Waals surface area contributed by atoms with Crippen molar-refractivity contribution in [2.24, 2.45) is 0 Å². The number of aromatic nitrogens is 2. The highest BCUT2D eigenvalue weighted by Gasteiger charge is 2.05. The van der Waals surface area contributed by atoms with Gasteiger partial charge in [0.2, 0.25) is 0 Å². The SMILES string of the molecule is Cc1nn(Cc2sccc2Br)cc1Cl. The van der Waals surface area contributed by atoms with Crippen molar-refractivity contribution < 1.29 is 0 Å². The Bertz CT molecular complexity index is 430. The van der Waals surface area contributed by atoms with Gasteiger partial charge in [-0.3, -0.25) is 4.68 Å². The van der Waals surface area contributed by atoms with Gasteiger partial charge in [0.05, 0.1) is 17.3 Å². The normalized spacial score (nSPS) is 10.8. The molecule has 0 aliphatic heterocycles. The third-order valence-corrected chi connectivity index (χ3v) is 4.17. The second kappa shape index (κ2) is 4.04. The molecule has 0 aliphatic rings. The van der Waals surface area contributed by atoms with Crippen LogP contribution < -0.4 is 0 Å². The number of halogens is 2. The fourth-order valence-corrected chi connectivity index (χ4v) is 2.78. The largest absolute Gasteiger partial charge is 0.266 e. The lowest BCUT2D eigenvalue weighted by molar-refractivity contribution is 0.685. The summed E-state index contributed by atoms with van der Waals surface area (Å²) in [5.74, 6) is 0. The first-order chi connectivity index (χ1) is 6.66. The molecule has 2 aromatic heterocycles. The molecule has 74 valence electrons. The van der Waals surface area contributed by atoms with Crippen LogP contribution in [-0.2, 0) is 6.54 Å². The highest BCUT2D eigenvalue weighted by Crippen LogP contribution is 2.24. The standard InChI is InChI=1S/C9H8BrClN2S/c1-6-8(11)4-13(12-6)5-9-7(10)2-3-14-9/h2-4H,5H2,1H3. The fourth-order valence-electron chi connectivity index (χ4n) is 1.16. The second-order valence-corrected chi connectivity index (χ2v) is 5.21. The van der Waals surface area contributed by atoms with Gasteiger partial charge in [-0.05, 0) is 34.3 Å². The van der Waals surface area contributed by atoms with Gasteiger partial charge < -0.3 is 0 Å². The minimum Gasteiger partial charge on any atom is -0.266 e. The lowest BCUT2D eigenvalue weighted by Crippen LogP contribution is -1.98. The molecule has 0 saturated heterocycles. The molecule has 0 amide bonds. The van der Waals surface area contributed by atoms with Crippen molar-refractivity contribution in [3.8, 4) is 0 Å². The fraction of sp³-hybridized carbons (Fsp3) is 0.222. The van der Waals surface area contributed by atoms with Crippen LogP contribution in [0.1, 0.15) is 10.6 Å². The van der Waals surface area contributed by atoms with Crippen molar-refractivity contribution in [1.82, 2.24) is 9.78 Å². The van der Waals surface area contributed by atoms with Crippen LogP contribution in [-0.4, -0.2) is 9.78 Å². The predicted octanol–water partition coefficient (Wildman–Crippen LogP) is 3.72. The van der Waals surface area contributed by atoms with E-state index in [4.69, 9.17) is 11.6 Å². The van der Waals surface area contributed by atoms with Gasteiger partial charge in [-0.15, -0.1) is 11.3 Å². The Hall–Kier alpha value is -0.320. The van der Waals surface area contributed by atoms with Crippen LogP contribution in [0.3, 0.4) is 0 Å². The smallest absolute Gasteiger partial charge is 0.0815 e. The summed E-state index contributed by atoms with van der Waals surface area (Å²) in [6.07, 6.45) is 1.85. The molecule has 0 unspecified atom stereocenters. The molecule has 0 spiro atoms. The van der Waals surface area contributed by atoms with Crippen LogP contribution in [0.15, 0.2) is 22.1 Å². The molecule has 2 rings (SSSR count). The minimum absolute atomic E-state index is 0.720. The number of hydrogen-bond acceptors (Lipinski definition) is 2. The van der Waals surface area contributed by atoms with Gasteiger partial charge in [-0.2, -0.15) is 5.10 Å². The van der Waals surface area contributed by atoms with Gasteiger partial charge in [0, 0.05) is 15.5 Å². The van der Waals surface area contributed by atoms with Crippen molar-refractivity contribution in [3.05, 3.63) is 37.7 Å². The highest BCUT2D eigenvalue weighted by atomic mass is 79.9. The van der Waals surface area contributed by atoms with E-state index in [9.17, 15) is 0 Å². The van der Waals surface area contributed by atoms with Crippen molar-refractivity contribution in [2.45, 2.75) is 13.5 Å². The number of nitrogens with zero attached hydrogens (tertiary/aromatic N) is 2. The van der Waals surface area contributed by atoms with Crippen LogP contribution in [0, 0.1) is 6.92 Å². The first-order valence-electron chi connectivity index (χ1n) is 4.08. The van der Waals surface area contributed by atoms with Crippen LogP contribution >= 0.6 is 38.9 Å². The van der Waals surface area contributed by atoms with Gasteiger partial charge in [-0.25, -0.2) is 0 Å². The van der Waals surface area contributed by atoms with Crippen molar-refractivity contribution >= 4 is 38.9 Å². The zero-order valence-corrected chi connectivity index (χ0v) is 10.7. The molecule has 2 nitrogen and oxygen atoms in total. The van der Waals surface area contributed by atoms with E-state index in [-0.39, 0.29) is 0 Å². The van der Waals surface area contributed by atoms with E-state index >= 15 is 0 Å². The quantitative estimate of drug-likeness (QED) is 0.824. The van der Waals surface area contributed by atoms with Crippen LogP contribution in [0.5, 0.6) is 0 Å². The van der Waals surface area contributed by atoms with Gasteiger partial charge >= 0.3 is 0 Å². The zero-order chi connectivity index (χ0) is 10.1. The van der Waals surface area contributed by atoms with Gasteiger partial charge in [-0.1, -0.05) is 11.6 Å². The minimum atomic E-state index is 0.720. The van der Waals surface area contributed by atoms with E-state index in [2.05, 4.69) is 26.4 Å². The van der Waals surface area contributed by atoms with E-state index in [0.717, 1.165) is 21.7 Å². The molecule has 0 radical (unpaired) electrons. The Labute approximate surface area is 99.6 Å². The summed E-state index contributed by atoms with van der Waals surface area (Å²) < 4.78 is 2.99. The maximum atomic E-state index is 5.92. The summed E-state index contributed by atoms with van der Waals surface area (Å²) in [4.78, 5) is 1.25. The van der Waals surface area contributed by atoms with Gasteiger partial charge in [0.15, 0.2) is 0 Å². The number of rotatable bonds is 2. The molecule has 0 fully saturated rings. The summed E-state index contributed by atoms with van der Waals surface area (Å²) in [6.45, 7) is 2.67. The Morgan fingerprint density at radius 3 is 2.93 bits per heavy atom. The summed E-state index contributed by atoms with van der Waals surface area (Å²) >= 11 is 11.1. The molecule has 0 aliphatic carbocycles. The summed E-state index contributed by atoms with van der Waals surface area (Å²) in [7, 11) is 0.